The quantitative estimate of drug-likeness (QED) is 0.517. The van der Waals surface area contributed by atoms with Crippen molar-refractivity contribution >= 4 is 20.2 Å². The highest BCUT2D eigenvalue weighted by molar-refractivity contribution is 7.87. The summed E-state index contributed by atoms with van der Waals surface area (Å²) in [4.78, 5) is 0. The molecule has 0 radical (unpaired) electrons. The molecule has 0 aliphatic heterocycles. The van der Waals surface area contributed by atoms with Crippen molar-refractivity contribution in [2.45, 2.75) is 30.4 Å². The van der Waals surface area contributed by atoms with E-state index in [-0.39, 0.29) is 25.7 Å². The summed E-state index contributed by atoms with van der Waals surface area (Å²) in [5.74, 6) is 3.58. The lowest BCUT2D eigenvalue weighted by Gasteiger charge is -2.26. The third-order valence-electron chi connectivity index (χ3n) is 2.43. The molecule has 0 aliphatic rings. The first-order valence-electron chi connectivity index (χ1n) is 4.87. The molecule has 0 spiro atoms. The van der Waals surface area contributed by atoms with Crippen LogP contribution in [0.15, 0.2) is 0 Å². The Bertz CT molecular complexity index is 542. The Kier molecular flexibility index (Phi) is 5.84. The van der Waals surface area contributed by atoms with Gasteiger partial charge in [0.15, 0.2) is 0 Å². The van der Waals surface area contributed by atoms with Crippen LogP contribution in [-0.4, -0.2) is 36.4 Å². The van der Waals surface area contributed by atoms with Gasteiger partial charge in [-0.15, -0.1) is 24.7 Å². The van der Waals surface area contributed by atoms with E-state index in [4.69, 9.17) is 17.4 Å². The molecule has 0 saturated heterocycles. The monoisotopic (exact) mass is 294 g/mol. The van der Waals surface area contributed by atoms with Crippen molar-refractivity contribution in [2.24, 2.45) is 0 Å². The molecule has 0 rings (SSSR count). The maximum absolute atomic E-state index is 11.3. The SMILES string of the molecule is C#CCC(CC#C)(CCCS(=O)(=O)O)S(=O)(=O)O. The molecule has 0 aliphatic carbocycles. The maximum atomic E-state index is 11.3. The zero-order valence-electron chi connectivity index (χ0n) is 9.53. The predicted molar refractivity (Wildman–Crippen MR) is 66.8 cm³/mol. The van der Waals surface area contributed by atoms with Crippen LogP contribution in [0.25, 0.3) is 0 Å². The summed E-state index contributed by atoms with van der Waals surface area (Å²) in [5.41, 5.74) is 0. The second-order valence-corrected chi connectivity index (χ2v) is 7.20. The van der Waals surface area contributed by atoms with Crippen molar-refractivity contribution in [3.05, 3.63) is 0 Å². The van der Waals surface area contributed by atoms with E-state index in [1.807, 2.05) is 0 Å². The lowest BCUT2D eigenvalue weighted by molar-refractivity contribution is 0.406. The molecule has 0 aromatic rings. The second kappa shape index (κ2) is 6.21. The van der Waals surface area contributed by atoms with E-state index in [0.717, 1.165) is 0 Å². The first-order chi connectivity index (χ1) is 8.08. The van der Waals surface area contributed by atoms with Crippen LogP contribution in [0, 0.1) is 24.7 Å². The Morgan fingerprint density at radius 2 is 1.44 bits per heavy atom. The van der Waals surface area contributed by atoms with Gasteiger partial charge in [-0.25, -0.2) is 0 Å². The molecule has 0 unspecified atom stereocenters. The van der Waals surface area contributed by atoms with Crippen LogP contribution in [0.1, 0.15) is 25.7 Å². The molecule has 0 aromatic carbocycles. The summed E-state index contributed by atoms with van der Waals surface area (Å²) in [6.07, 6.45) is 8.98. The zero-order chi connectivity index (χ0) is 14.4. The lowest BCUT2D eigenvalue weighted by atomic mass is 9.95. The molecule has 8 heteroatoms. The molecule has 0 saturated carbocycles. The summed E-state index contributed by atoms with van der Waals surface area (Å²) >= 11 is 0. The van der Waals surface area contributed by atoms with Gasteiger partial charge in [0, 0.05) is 12.8 Å². The summed E-state index contributed by atoms with van der Waals surface area (Å²) in [7, 11) is -8.73. The number of terminal acetylenes is 2. The molecule has 0 aromatic heterocycles. The number of hydrogen-bond donors (Lipinski definition) is 2. The highest BCUT2D eigenvalue weighted by atomic mass is 32.2. The molecular formula is C10H14O6S2. The number of rotatable bonds is 7. The summed E-state index contributed by atoms with van der Waals surface area (Å²) in [5, 5.41) is 0. The predicted octanol–water partition coefficient (Wildman–Crippen LogP) is 0.328. The molecule has 0 atom stereocenters. The standard InChI is InChI=1S/C10H14O6S2/c1-3-6-10(7-4-2,18(14,15)16)8-5-9-17(11,12)13/h1-2H,5-9H2,(H,11,12,13)(H,14,15,16). The van der Waals surface area contributed by atoms with Gasteiger partial charge >= 0.3 is 0 Å². The van der Waals surface area contributed by atoms with Gasteiger partial charge in [-0.3, -0.25) is 9.11 Å². The van der Waals surface area contributed by atoms with Gasteiger partial charge in [0.25, 0.3) is 20.2 Å². The van der Waals surface area contributed by atoms with Gasteiger partial charge in [0.2, 0.25) is 0 Å². The maximum Gasteiger partial charge on any atom is 0.272 e. The Balaban J connectivity index is 5.12. The first kappa shape index (κ1) is 16.9. The second-order valence-electron chi connectivity index (χ2n) is 3.81. The van der Waals surface area contributed by atoms with Crippen LogP contribution in [0.5, 0.6) is 0 Å². The van der Waals surface area contributed by atoms with E-state index in [0.29, 0.717) is 0 Å². The van der Waals surface area contributed by atoms with Crippen LogP contribution >= 0.6 is 0 Å². The molecule has 6 nitrogen and oxygen atoms in total. The van der Waals surface area contributed by atoms with Crippen LogP contribution in [0.2, 0.25) is 0 Å². The van der Waals surface area contributed by atoms with Crippen LogP contribution in [-0.2, 0) is 20.2 Å². The Morgan fingerprint density at radius 1 is 1.00 bits per heavy atom. The molecule has 18 heavy (non-hydrogen) atoms. The fraction of sp³-hybridized carbons (Fsp3) is 0.600. The van der Waals surface area contributed by atoms with Crippen LogP contribution in [0.3, 0.4) is 0 Å². The first-order valence-corrected chi connectivity index (χ1v) is 7.92. The van der Waals surface area contributed by atoms with E-state index < -0.39 is 30.7 Å². The van der Waals surface area contributed by atoms with Crippen LogP contribution < -0.4 is 0 Å². The van der Waals surface area contributed by atoms with E-state index in [2.05, 4.69) is 11.8 Å². The van der Waals surface area contributed by atoms with E-state index in [1.165, 1.54) is 0 Å². The Morgan fingerprint density at radius 3 is 1.72 bits per heavy atom. The minimum Gasteiger partial charge on any atom is -0.286 e. The van der Waals surface area contributed by atoms with E-state index >= 15 is 0 Å². The normalized spacial score (nSPS) is 12.7. The third kappa shape index (κ3) is 5.07. The van der Waals surface area contributed by atoms with Gasteiger partial charge < -0.3 is 0 Å². The Labute approximate surface area is 107 Å². The van der Waals surface area contributed by atoms with Gasteiger partial charge in [-0.2, -0.15) is 16.8 Å². The molecule has 102 valence electrons. The van der Waals surface area contributed by atoms with Crippen molar-refractivity contribution in [1.82, 2.24) is 0 Å². The van der Waals surface area contributed by atoms with Crippen molar-refractivity contribution in [2.75, 3.05) is 5.75 Å². The topological polar surface area (TPSA) is 109 Å². The summed E-state index contributed by atoms with van der Waals surface area (Å²) in [6.45, 7) is 0. The fourth-order valence-corrected chi connectivity index (χ4v) is 2.94. The molecule has 0 bridgehead atoms. The third-order valence-corrected chi connectivity index (χ3v) is 4.82. The highest BCUT2D eigenvalue weighted by Gasteiger charge is 2.41. The summed E-state index contributed by atoms with van der Waals surface area (Å²) < 4.78 is 59.8. The van der Waals surface area contributed by atoms with Gasteiger partial charge in [0.1, 0.15) is 4.75 Å². The molecule has 0 fully saturated rings. The van der Waals surface area contributed by atoms with Crippen molar-refractivity contribution < 1.29 is 25.9 Å². The smallest absolute Gasteiger partial charge is 0.272 e. The lowest BCUT2D eigenvalue weighted by Crippen LogP contribution is -2.38. The molecular weight excluding hydrogens is 280 g/mol. The van der Waals surface area contributed by atoms with E-state index in [1.54, 1.807) is 0 Å². The molecule has 0 heterocycles. The molecule has 0 amide bonds. The Hall–Kier alpha value is -1.06. The average Bonchev–Trinajstić information content (AvgIpc) is 2.14. The highest BCUT2D eigenvalue weighted by Crippen LogP contribution is 2.30. The van der Waals surface area contributed by atoms with Gasteiger partial charge in [0.05, 0.1) is 5.75 Å². The largest absolute Gasteiger partial charge is 0.286 e. The minimum absolute atomic E-state index is 0.179. The summed E-state index contributed by atoms with van der Waals surface area (Å²) in [6, 6.07) is 0. The van der Waals surface area contributed by atoms with Crippen LogP contribution in [0.4, 0.5) is 0 Å². The zero-order valence-corrected chi connectivity index (χ0v) is 11.2. The van der Waals surface area contributed by atoms with Crippen molar-refractivity contribution in [3.8, 4) is 24.7 Å². The number of hydrogen-bond acceptors (Lipinski definition) is 4. The minimum atomic E-state index is -4.53. The van der Waals surface area contributed by atoms with Crippen molar-refractivity contribution in [3.63, 3.8) is 0 Å². The molecule has 2 N–H and O–H groups in total. The fourth-order valence-electron chi connectivity index (χ4n) is 1.50. The van der Waals surface area contributed by atoms with Crippen molar-refractivity contribution in [1.29, 1.82) is 0 Å². The van der Waals surface area contributed by atoms with Gasteiger partial charge in [-0.1, -0.05) is 0 Å². The van der Waals surface area contributed by atoms with E-state index in [9.17, 15) is 21.4 Å². The average molecular weight is 294 g/mol. The van der Waals surface area contributed by atoms with Gasteiger partial charge in [-0.05, 0) is 12.8 Å².